The van der Waals surface area contributed by atoms with Crippen LogP contribution in [-0.4, -0.2) is 23.1 Å². The number of hydrogen-bond donors (Lipinski definition) is 1. The Bertz CT molecular complexity index is 339. The summed E-state index contributed by atoms with van der Waals surface area (Å²) in [6, 6.07) is 7.53. The third kappa shape index (κ3) is 3.93. The first-order valence-corrected chi connectivity index (χ1v) is 6.68. The monoisotopic (exact) mass is 245 g/mol. The van der Waals surface area contributed by atoms with Gasteiger partial charge in [0.15, 0.2) is 0 Å². The van der Waals surface area contributed by atoms with Crippen molar-refractivity contribution in [2.24, 2.45) is 0 Å². The van der Waals surface area contributed by atoms with E-state index in [9.17, 15) is 4.21 Å². The van der Waals surface area contributed by atoms with E-state index in [0.717, 1.165) is 11.3 Å². The van der Waals surface area contributed by atoms with Crippen molar-refractivity contribution in [2.45, 2.75) is 24.3 Å². The van der Waals surface area contributed by atoms with Crippen LogP contribution in [-0.2, 0) is 10.8 Å². The van der Waals surface area contributed by atoms with E-state index in [0.29, 0.717) is 16.8 Å². The standard InChI is InChI=1S/C11H16ClNOS/c1-3-10(13-2)8-15(14)11-6-4-5-9(12)7-11/h4-7,10,13H,3,8H2,1-2H3. The predicted octanol–water partition coefficient (Wildman–Crippen LogP) is 2.45. The molecule has 0 bridgehead atoms. The molecule has 1 aromatic carbocycles. The van der Waals surface area contributed by atoms with E-state index in [2.05, 4.69) is 12.2 Å². The average molecular weight is 246 g/mol. The molecule has 2 nitrogen and oxygen atoms in total. The van der Waals surface area contributed by atoms with Crippen molar-refractivity contribution in [1.29, 1.82) is 0 Å². The highest BCUT2D eigenvalue weighted by molar-refractivity contribution is 7.85. The van der Waals surface area contributed by atoms with E-state index in [-0.39, 0.29) is 0 Å². The largest absolute Gasteiger partial charge is 0.316 e. The van der Waals surface area contributed by atoms with Crippen LogP contribution in [0.3, 0.4) is 0 Å². The lowest BCUT2D eigenvalue weighted by molar-refractivity contribution is 0.590. The smallest absolute Gasteiger partial charge is 0.0545 e. The van der Waals surface area contributed by atoms with Gasteiger partial charge in [0, 0.05) is 21.7 Å². The summed E-state index contributed by atoms with van der Waals surface area (Å²) in [6.45, 7) is 2.08. The van der Waals surface area contributed by atoms with Crippen LogP contribution >= 0.6 is 11.6 Å². The fraction of sp³-hybridized carbons (Fsp3) is 0.455. The summed E-state index contributed by atoms with van der Waals surface area (Å²) >= 11 is 5.84. The topological polar surface area (TPSA) is 29.1 Å². The molecule has 0 fully saturated rings. The number of nitrogens with one attached hydrogen (secondary N) is 1. The van der Waals surface area contributed by atoms with Gasteiger partial charge in [0.1, 0.15) is 0 Å². The van der Waals surface area contributed by atoms with Crippen molar-refractivity contribution in [3.05, 3.63) is 29.3 Å². The quantitative estimate of drug-likeness (QED) is 0.864. The highest BCUT2D eigenvalue weighted by atomic mass is 35.5. The highest BCUT2D eigenvalue weighted by Gasteiger charge is 2.10. The average Bonchev–Trinajstić information content (AvgIpc) is 2.25. The molecule has 0 radical (unpaired) electrons. The molecular weight excluding hydrogens is 230 g/mol. The Balaban J connectivity index is 2.68. The minimum atomic E-state index is -0.970. The molecule has 2 atom stereocenters. The number of benzene rings is 1. The number of halogens is 1. The molecule has 1 N–H and O–H groups in total. The lowest BCUT2D eigenvalue weighted by atomic mass is 10.3. The fourth-order valence-electron chi connectivity index (χ4n) is 1.29. The Morgan fingerprint density at radius 1 is 1.53 bits per heavy atom. The molecule has 0 aromatic heterocycles. The minimum Gasteiger partial charge on any atom is -0.316 e. The zero-order valence-corrected chi connectivity index (χ0v) is 10.6. The van der Waals surface area contributed by atoms with Gasteiger partial charge in [-0.3, -0.25) is 4.21 Å². The lowest BCUT2D eigenvalue weighted by Gasteiger charge is -2.13. The van der Waals surface area contributed by atoms with Crippen LogP contribution in [0.4, 0.5) is 0 Å². The predicted molar refractivity (Wildman–Crippen MR) is 65.9 cm³/mol. The minimum absolute atomic E-state index is 0.296. The summed E-state index contributed by atoms with van der Waals surface area (Å²) in [7, 11) is 0.922. The molecule has 2 unspecified atom stereocenters. The summed E-state index contributed by atoms with van der Waals surface area (Å²) in [5.74, 6) is 0.632. The molecular formula is C11H16ClNOS. The molecule has 84 valence electrons. The molecule has 1 aromatic rings. The van der Waals surface area contributed by atoms with Gasteiger partial charge < -0.3 is 5.32 Å². The first-order valence-electron chi connectivity index (χ1n) is 4.98. The summed E-state index contributed by atoms with van der Waals surface area (Å²) < 4.78 is 11.9. The number of hydrogen-bond acceptors (Lipinski definition) is 2. The van der Waals surface area contributed by atoms with Crippen LogP contribution in [0, 0.1) is 0 Å². The molecule has 0 aliphatic heterocycles. The van der Waals surface area contributed by atoms with Crippen molar-refractivity contribution in [3.63, 3.8) is 0 Å². The van der Waals surface area contributed by atoms with E-state index in [1.807, 2.05) is 19.2 Å². The number of rotatable bonds is 5. The maximum absolute atomic E-state index is 11.9. The van der Waals surface area contributed by atoms with E-state index in [4.69, 9.17) is 11.6 Å². The van der Waals surface area contributed by atoms with Gasteiger partial charge in [-0.15, -0.1) is 0 Å². The Morgan fingerprint density at radius 3 is 2.80 bits per heavy atom. The van der Waals surface area contributed by atoms with Crippen molar-refractivity contribution in [3.8, 4) is 0 Å². The fourth-order valence-corrected chi connectivity index (χ4v) is 3.00. The molecule has 0 heterocycles. The highest BCUT2D eigenvalue weighted by Crippen LogP contribution is 2.14. The van der Waals surface area contributed by atoms with Gasteiger partial charge >= 0.3 is 0 Å². The van der Waals surface area contributed by atoms with Crippen molar-refractivity contribution < 1.29 is 4.21 Å². The second-order valence-corrected chi connectivity index (χ2v) is 5.30. The van der Waals surface area contributed by atoms with Crippen molar-refractivity contribution in [1.82, 2.24) is 5.32 Å². The molecule has 0 saturated carbocycles. The summed E-state index contributed by atoms with van der Waals surface area (Å²) in [5.41, 5.74) is 0. The Morgan fingerprint density at radius 2 is 2.27 bits per heavy atom. The maximum Gasteiger partial charge on any atom is 0.0545 e. The van der Waals surface area contributed by atoms with Gasteiger partial charge in [0.25, 0.3) is 0 Å². The molecule has 15 heavy (non-hydrogen) atoms. The first kappa shape index (κ1) is 12.7. The Labute approximate surface area is 98.5 Å². The third-order valence-corrected chi connectivity index (χ3v) is 4.03. The SMILES string of the molecule is CCC(CS(=O)c1cccc(Cl)c1)NC. The van der Waals surface area contributed by atoms with Crippen molar-refractivity contribution in [2.75, 3.05) is 12.8 Å². The molecule has 0 saturated heterocycles. The normalized spacial score (nSPS) is 14.9. The second kappa shape index (κ2) is 6.26. The summed E-state index contributed by atoms with van der Waals surface area (Å²) in [6.07, 6.45) is 0.975. The van der Waals surface area contributed by atoms with Gasteiger partial charge in [-0.2, -0.15) is 0 Å². The van der Waals surface area contributed by atoms with Gasteiger partial charge in [-0.25, -0.2) is 0 Å². The molecule has 0 aliphatic rings. The van der Waals surface area contributed by atoms with Crippen molar-refractivity contribution >= 4 is 22.4 Å². The van der Waals surface area contributed by atoms with E-state index in [1.165, 1.54) is 0 Å². The maximum atomic E-state index is 11.9. The van der Waals surface area contributed by atoms with Crippen LogP contribution in [0.25, 0.3) is 0 Å². The Kier molecular flexibility index (Phi) is 5.29. The molecule has 4 heteroatoms. The first-order chi connectivity index (χ1) is 7.17. The van der Waals surface area contributed by atoms with Gasteiger partial charge in [0.05, 0.1) is 10.8 Å². The zero-order valence-electron chi connectivity index (χ0n) is 9.00. The van der Waals surface area contributed by atoms with E-state index >= 15 is 0 Å². The van der Waals surface area contributed by atoms with Gasteiger partial charge in [-0.1, -0.05) is 24.6 Å². The Hall–Kier alpha value is -0.380. The second-order valence-electron chi connectivity index (χ2n) is 3.36. The zero-order chi connectivity index (χ0) is 11.3. The van der Waals surface area contributed by atoms with Crippen LogP contribution in [0.5, 0.6) is 0 Å². The van der Waals surface area contributed by atoms with Crippen LogP contribution < -0.4 is 5.32 Å². The van der Waals surface area contributed by atoms with Crippen LogP contribution in [0.2, 0.25) is 5.02 Å². The van der Waals surface area contributed by atoms with Crippen LogP contribution in [0.15, 0.2) is 29.2 Å². The van der Waals surface area contributed by atoms with E-state index < -0.39 is 10.8 Å². The molecule has 1 rings (SSSR count). The van der Waals surface area contributed by atoms with Gasteiger partial charge in [0.2, 0.25) is 0 Å². The lowest BCUT2D eigenvalue weighted by Crippen LogP contribution is -2.30. The molecule has 0 aliphatic carbocycles. The third-order valence-electron chi connectivity index (χ3n) is 2.31. The molecule has 0 amide bonds. The van der Waals surface area contributed by atoms with E-state index in [1.54, 1.807) is 12.1 Å². The molecule has 0 spiro atoms. The summed E-state index contributed by atoms with van der Waals surface area (Å²) in [5, 5.41) is 3.78. The summed E-state index contributed by atoms with van der Waals surface area (Å²) in [4.78, 5) is 0.802. The van der Waals surface area contributed by atoms with Crippen LogP contribution in [0.1, 0.15) is 13.3 Å². The van der Waals surface area contributed by atoms with Gasteiger partial charge in [-0.05, 0) is 31.7 Å².